The molecule has 3 atom stereocenters. The number of amides is 1. The van der Waals surface area contributed by atoms with E-state index in [1.165, 1.54) is 12.8 Å². The Kier molecular flexibility index (Phi) is 6.72. The Morgan fingerprint density at radius 1 is 1.11 bits per heavy atom. The van der Waals surface area contributed by atoms with Gasteiger partial charge in [-0.2, -0.15) is 5.10 Å². The summed E-state index contributed by atoms with van der Waals surface area (Å²) in [6, 6.07) is 9.78. The molecule has 1 amide bonds. The fourth-order valence-corrected chi connectivity index (χ4v) is 6.57. The lowest BCUT2D eigenvalue weighted by atomic mass is 9.91. The van der Waals surface area contributed by atoms with Gasteiger partial charge in [-0.3, -0.25) is 9.78 Å². The first kappa shape index (κ1) is 24.2. The second-order valence-electron chi connectivity index (χ2n) is 10.4. The van der Waals surface area contributed by atoms with Crippen molar-refractivity contribution >= 4 is 17.5 Å². The number of benzene rings is 1. The first-order chi connectivity index (χ1) is 18.1. The quantitative estimate of drug-likeness (QED) is 0.361. The third kappa shape index (κ3) is 4.77. The van der Waals surface area contributed by atoms with Gasteiger partial charge in [-0.1, -0.05) is 36.6 Å². The van der Waals surface area contributed by atoms with Crippen molar-refractivity contribution in [1.82, 2.24) is 24.6 Å². The van der Waals surface area contributed by atoms with Crippen molar-refractivity contribution in [2.75, 3.05) is 13.7 Å². The Morgan fingerprint density at radius 3 is 2.59 bits per heavy atom. The molecule has 2 bridgehead atoms. The van der Waals surface area contributed by atoms with E-state index in [9.17, 15) is 4.79 Å². The summed E-state index contributed by atoms with van der Waals surface area (Å²) in [5.41, 5.74) is 1.75. The van der Waals surface area contributed by atoms with Crippen LogP contribution in [0, 0.1) is 17.8 Å². The van der Waals surface area contributed by atoms with Crippen molar-refractivity contribution in [2.24, 2.45) is 17.8 Å². The molecular weight excluding hydrogens is 486 g/mol. The molecule has 6 rings (SSSR count). The first-order valence-corrected chi connectivity index (χ1v) is 13.7. The molecule has 1 unspecified atom stereocenters. The van der Waals surface area contributed by atoms with Gasteiger partial charge in [0, 0.05) is 42.0 Å². The number of carbonyl (C=O) groups excluding carboxylic acids is 1. The molecule has 0 saturated heterocycles. The predicted molar refractivity (Wildman–Crippen MR) is 143 cm³/mol. The summed E-state index contributed by atoms with van der Waals surface area (Å²) in [6.45, 7) is 1.19. The molecule has 0 spiro atoms. The van der Waals surface area contributed by atoms with Gasteiger partial charge in [-0.15, -0.1) is 0 Å². The van der Waals surface area contributed by atoms with E-state index < -0.39 is 0 Å². The Balaban J connectivity index is 1.30. The Morgan fingerprint density at radius 2 is 1.92 bits per heavy atom. The standard InChI is InChI=1S/C29H32ClN5O2/c1-37-26-9-8-22(18-25(26)30)28-32-27(20-10-12-31-13-11-20)33-35(28)15-14-34(23-4-2-3-5-23)29(36)24-17-19-6-7-21(24)16-19/h6-13,18-19,21,23-24H,2-5,14-17H2,1H3/t19-,21+,24?/m1/s1. The number of ether oxygens (including phenoxy) is 1. The lowest BCUT2D eigenvalue weighted by Crippen LogP contribution is -2.45. The average Bonchev–Trinajstić information content (AvgIpc) is 3.74. The zero-order valence-corrected chi connectivity index (χ0v) is 21.8. The van der Waals surface area contributed by atoms with Crippen LogP contribution >= 0.6 is 11.6 Å². The molecule has 0 N–H and O–H groups in total. The molecule has 3 aliphatic rings. The van der Waals surface area contributed by atoms with E-state index in [-0.39, 0.29) is 5.92 Å². The Bertz CT molecular complexity index is 1300. The molecule has 2 fully saturated rings. The minimum atomic E-state index is 0.124. The van der Waals surface area contributed by atoms with E-state index in [0.717, 1.165) is 42.6 Å². The van der Waals surface area contributed by atoms with Gasteiger partial charge in [0.1, 0.15) is 5.75 Å². The van der Waals surface area contributed by atoms with E-state index >= 15 is 0 Å². The molecule has 7 nitrogen and oxygen atoms in total. The predicted octanol–water partition coefficient (Wildman–Crippen LogP) is 5.65. The summed E-state index contributed by atoms with van der Waals surface area (Å²) < 4.78 is 7.26. The van der Waals surface area contributed by atoms with Crippen LogP contribution in [0.3, 0.4) is 0 Å². The number of halogens is 1. The van der Waals surface area contributed by atoms with Gasteiger partial charge in [-0.05, 0) is 67.9 Å². The topological polar surface area (TPSA) is 73.1 Å². The molecule has 0 radical (unpaired) electrons. The third-order valence-electron chi connectivity index (χ3n) is 8.22. The highest BCUT2D eigenvalue weighted by Crippen LogP contribution is 2.45. The molecular formula is C29H32ClN5O2. The summed E-state index contributed by atoms with van der Waals surface area (Å²) >= 11 is 6.47. The summed E-state index contributed by atoms with van der Waals surface area (Å²) in [4.78, 5) is 25.0. The number of rotatable bonds is 8. The van der Waals surface area contributed by atoms with E-state index in [1.54, 1.807) is 19.5 Å². The maximum atomic E-state index is 13.8. The van der Waals surface area contributed by atoms with E-state index in [2.05, 4.69) is 22.0 Å². The highest BCUT2D eigenvalue weighted by Gasteiger charge is 2.43. The number of aromatic nitrogens is 4. The number of pyridine rings is 1. The highest BCUT2D eigenvalue weighted by molar-refractivity contribution is 6.32. The van der Waals surface area contributed by atoms with Gasteiger partial charge >= 0.3 is 0 Å². The van der Waals surface area contributed by atoms with E-state index in [0.29, 0.717) is 53.5 Å². The molecule has 2 aromatic heterocycles. The van der Waals surface area contributed by atoms with Crippen molar-refractivity contribution in [3.8, 4) is 28.5 Å². The molecule has 3 aliphatic carbocycles. The Hall–Kier alpha value is -3.19. The number of nitrogens with zero attached hydrogens (tertiary/aromatic N) is 5. The lowest BCUT2D eigenvalue weighted by Gasteiger charge is -2.33. The molecule has 2 heterocycles. The van der Waals surface area contributed by atoms with Crippen molar-refractivity contribution in [3.63, 3.8) is 0 Å². The molecule has 2 saturated carbocycles. The van der Waals surface area contributed by atoms with Crippen LogP contribution < -0.4 is 4.74 Å². The fraction of sp³-hybridized carbons (Fsp3) is 0.448. The number of fused-ring (bicyclic) bond motifs is 2. The fourth-order valence-electron chi connectivity index (χ4n) is 6.31. The van der Waals surface area contributed by atoms with Crippen LogP contribution in [0.2, 0.25) is 5.02 Å². The normalized spacial score (nSPS) is 22.6. The second-order valence-corrected chi connectivity index (χ2v) is 10.8. The van der Waals surface area contributed by atoms with E-state index in [1.807, 2.05) is 35.0 Å². The largest absolute Gasteiger partial charge is 0.495 e. The van der Waals surface area contributed by atoms with Gasteiger partial charge in [0.05, 0.1) is 18.7 Å². The number of carbonyl (C=O) groups is 1. The van der Waals surface area contributed by atoms with Crippen molar-refractivity contribution in [1.29, 1.82) is 0 Å². The lowest BCUT2D eigenvalue weighted by molar-refractivity contribution is -0.138. The molecule has 37 heavy (non-hydrogen) atoms. The number of hydrogen-bond donors (Lipinski definition) is 0. The maximum Gasteiger partial charge on any atom is 0.226 e. The molecule has 192 valence electrons. The van der Waals surface area contributed by atoms with Gasteiger partial charge < -0.3 is 9.64 Å². The van der Waals surface area contributed by atoms with Crippen LogP contribution in [-0.4, -0.2) is 50.3 Å². The van der Waals surface area contributed by atoms with Crippen LogP contribution in [0.5, 0.6) is 5.75 Å². The molecule has 1 aromatic carbocycles. The summed E-state index contributed by atoms with van der Waals surface area (Å²) in [5, 5.41) is 5.40. The van der Waals surface area contributed by atoms with Gasteiger partial charge in [0.2, 0.25) is 5.91 Å². The average molecular weight is 518 g/mol. The van der Waals surface area contributed by atoms with Crippen molar-refractivity contribution in [2.45, 2.75) is 51.1 Å². The van der Waals surface area contributed by atoms with Crippen molar-refractivity contribution in [3.05, 3.63) is 59.9 Å². The first-order valence-electron chi connectivity index (χ1n) is 13.3. The van der Waals surface area contributed by atoms with Crippen LogP contribution in [0.15, 0.2) is 54.9 Å². The zero-order chi connectivity index (χ0) is 25.4. The Labute approximate surface area is 222 Å². The SMILES string of the molecule is COc1ccc(-c2nc(-c3ccncc3)nn2CCN(C(=O)C2C[C@@H]3C=C[C@H]2C3)C2CCCC2)cc1Cl. The summed E-state index contributed by atoms with van der Waals surface area (Å²) in [6.07, 6.45) is 14.7. The minimum Gasteiger partial charge on any atom is -0.495 e. The second kappa shape index (κ2) is 10.3. The maximum absolute atomic E-state index is 13.8. The molecule has 8 heteroatoms. The van der Waals surface area contributed by atoms with Gasteiger partial charge in [-0.25, -0.2) is 9.67 Å². The summed E-state index contributed by atoms with van der Waals surface area (Å²) in [7, 11) is 1.60. The zero-order valence-electron chi connectivity index (χ0n) is 21.1. The monoisotopic (exact) mass is 517 g/mol. The van der Waals surface area contributed by atoms with Crippen molar-refractivity contribution < 1.29 is 9.53 Å². The number of methoxy groups -OCH3 is 1. The van der Waals surface area contributed by atoms with Crippen LogP contribution in [0.1, 0.15) is 38.5 Å². The molecule has 3 aromatic rings. The highest BCUT2D eigenvalue weighted by atomic mass is 35.5. The number of hydrogen-bond acceptors (Lipinski definition) is 5. The van der Waals surface area contributed by atoms with Gasteiger partial charge in [0.25, 0.3) is 0 Å². The van der Waals surface area contributed by atoms with Crippen LogP contribution in [-0.2, 0) is 11.3 Å². The van der Waals surface area contributed by atoms with Crippen LogP contribution in [0.25, 0.3) is 22.8 Å². The smallest absolute Gasteiger partial charge is 0.226 e. The third-order valence-corrected chi connectivity index (χ3v) is 8.51. The molecule has 0 aliphatic heterocycles. The van der Waals surface area contributed by atoms with Gasteiger partial charge in [0.15, 0.2) is 11.6 Å². The summed E-state index contributed by atoms with van der Waals surface area (Å²) in [5.74, 6) is 3.39. The number of allylic oxidation sites excluding steroid dienone is 2. The minimum absolute atomic E-state index is 0.124. The van der Waals surface area contributed by atoms with Crippen LogP contribution in [0.4, 0.5) is 0 Å². The van der Waals surface area contributed by atoms with E-state index in [4.69, 9.17) is 26.4 Å².